The highest BCUT2D eigenvalue weighted by Gasteiger charge is 2.26. The number of benzene rings is 1. The van der Waals surface area contributed by atoms with E-state index in [-0.39, 0.29) is 30.9 Å². The summed E-state index contributed by atoms with van der Waals surface area (Å²) in [6.07, 6.45) is 2.69. The van der Waals surface area contributed by atoms with Crippen LogP contribution in [0.2, 0.25) is 0 Å². The second-order valence-corrected chi connectivity index (χ2v) is 8.74. The summed E-state index contributed by atoms with van der Waals surface area (Å²) in [5.41, 5.74) is 0. The molecule has 0 bridgehead atoms. The van der Waals surface area contributed by atoms with E-state index in [1.165, 1.54) is 15.3 Å². The van der Waals surface area contributed by atoms with Crippen LogP contribution >= 0.6 is 0 Å². The van der Waals surface area contributed by atoms with E-state index >= 15 is 0 Å². The van der Waals surface area contributed by atoms with Gasteiger partial charge in [-0.15, -0.1) is 0 Å². The topological polar surface area (TPSA) is 140 Å². The van der Waals surface area contributed by atoms with Gasteiger partial charge in [0, 0.05) is 24.4 Å². The minimum absolute atomic E-state index is 0.0980. The van der Waals surface area contributed by atoms with Crippen LogP contribution in [0.4, 0.5) is 5.82 Å². The van der Waals surface area contributed by atoms with Gasteiger partial charge in [-0.2, -0.15) is 5.10 Å². The van der Waals surface area contributed by atoms with Crippen molar-refractivity contribution in [1.29, 1.82) is 0 Å². The molecule has 2 aromatic heterocycles. The van der Waals surface area contributed by atoms with Gasteiger partial charge in [0.05, 0.1) is 25.5 Å². The minimum atomic E-state index is -0.948. The van der Waals surface area contributed by atoms with Gasteiger partial charge in [-0.3, -0.25) is 9.48 Å². The maximum absolute atomic E-state index is 13.2. The lowest BCUT2D eigenvalue weighted by Crippen LogP contribution is -2.27. The molecule has 1 amide bonds. The number of anilines is 1. The SMILES string of the molecule is CC(C)C[C@@H](C(=O)Nc1ccn(C[C@@H](O)CO)n1)n1cc(Oc2ccc3c(c2)OCCO3)cc1O. The molecule has 0 saturated heterocycles. The van der Waals surface area contributed by atoms with Crippen molar-refractivity contribution in [3.8, 4) is 28.9 Å². The minimum Gasteiger partial charge on any atom is -0.494 e. The van der Waals surface area contributed by atoms with E-state index < -0.39 is 12.1 Å². The van der Waals surface area contributed by atoms with Gasteiger partial charge < -0.3 is 39.4 Å². The molecule has 1 aromatic carbocycles. The average molecular weight is 487 g/mol. The van der Waals surface area contributed by atoms with Crippen molar-refractivity contribution >= 4 is 11.7 Å². The normalized spacial score (nSPS) is 14.5. The van der Waals surface area contributed by atoms with Gasteiger partial charge in [0.2, 0.25) is 5.91 Å². The molecule has 11 nitrogen and oxygen atoms in total. The molecule has 2 atom stereocenters. The van der Waals surface area contributed by atoms with Crippen molar-refractivity contribution in [3.05, 3.63) is 42.7 Å². The van der Waals surface area contributed by atoms with Crippen molar-refractivity contribution in [2.75, 3.05) is 25.1 Å². The third-order valence-corrected chi connectivity index (χ3v) is 5.39. The lowest BCUT2D eigenvalue weighted by atomic mass is 10.0. The zero-order valence-corrected chi connectivity index (χ0v) is 19.6. The summed E-state index contributed by atoms with van der Waals surface area (Å²) in [4.78, 5) is 13.2. The van der Waals surface area contributed by atoms with Gasteiger partial charge in [0.1, 0.15) is 30.8 Å². The van der Waals surface area contributed by atoms with Crippen LogP contribution in [0.5, 0.6) is 28.9 Å². The quantitative estimate of drug-likeness (QED) is 0.343. The van der Waals surface area contributed by atoms with E-state index in [1.807, 2.05) is 13.8 Å². The van der Waals surface area contributed by atoms with Crippen LogP contribution in [0.1, 0.15) is 26.3 Å². The van der Waals surface area contributed by atoms with Gasteiger partial charge in [0.15, 0.2) is 23.2 Å². The van der Waals surface area contributed by atoms with Crippen molar-refractivity contribution in [2.45, 2.75) is 39.0 Å². The number of hydrogen-bond acceptors (Lipinski definition) is 8. The molecule has 0 spiro atoms. The molecule has 0 unspecified atom stereocenters. The molecule has 11 heteroatoms. The van der Waals surface area contributed by atoms with Crippen molar-refractivity contribution < 1.29 is 34.3 Å². The first-order valence-corrected chi connectivity index (χ1v) is 11.4. The van der Waals surface area contributed by atoms with E-state index in [1.54, 1.807) is 36.7 Å². The highest BCUT2D eigenvalue weighted by atomic mass is 16.6. The standard InChI is InChI=1S/C24H30N4O7/c1-15(2)9-19(24(32)25-22-5-6-27(26-22)12-16(30)14-29)28-13-18(11-23(28)31)35-17-3-4-20-21(10-17)34-8-7-33-20/h3-6,10-11,13,15-16,19,29-31H,7-9,12,14H2,1-2H3,(H,25,26,32)/t16-,19+/m1/s1. The second kappa shape index (κ2) is 10.7. The Labute approximate surface area is 202 Å². The summed E-state index contributed by atoms with van der Waals surface area (Å²) in [6, 6.07) is 7.54. The first kappa shape index (κ1) is 24.4. The molecule has 0 radical (unpaired) electrons. The summed E-state index contributed by atoms with van der Waals surface area (Å²) in [5.74, 6) is 2.08. The molecule has 1 aliphatic rings. The number of nitrogens with one attached hydrogen (secondary N) is 1. The monoisotopic (exact) mass is 486 g/mol. The predicted molar refractivity (Wildman–Crippen MR) is 126 cm³/mol. The Morgan fingerprint density at radius 3 is 2.69 bits per heavy atom. The van der Waals surface area contributed by atoms with Crippen LogP contribution < -0.4 is 19.5 Å². The number of aromatic hydroxyl groups is 1. The first-order chi connectivity index (χ1) is 16.8. The maximum atomic E-state index is 13.2. The zero-order chi connectivity index (χ0) is 24.9. The van der Waals surface area contributed by atoms with Gasteiger partial charge >= 0.3 is 0 Å². The number of carbonyl (C=O) groups is 1. The fourth-order valence-corrected chi connectivity index (χ4v) is 3.78. The second-order valence-electron chi connectivity index (χ2n) is 8.74. The highest BCUT2D eigenvalue weighted by Crippen LogP contribution is 2.37. The number of hydrogen-bond donors (Lipinski definition) is 4. The summed E-state index contributed by atoms with van der Waals surface area (Å²) in [6.45, 7) is 4.63. The molecule has 0 fully saturated rings. The van der Waals surface area contributed by atoms with E-state index in [2.05, 4.69) is 10.4 Å². The summed E-state index contributed by atoms with van der Waals surface area (Å²) < 4.78 is 19.9. The largest absolute Gasteiger partial charge is 0.494 e. The Morgan fingerprint density at radius 1 is 1.17 bits per heavy atom. The Bertz CT molecular complexity index is 1160. The number of aliphatic hydroxyl groups is 2. The fourth-order valence-electron chi connectivity index (χ4n) is 3.78. The number of ether oxygens (including phenoxy) is 3. The van der Waals surface area contributed by atoms with Crippen molar-refractivity contribution in [3.63, 3.8) is 0 Å². The van der Waals surface area contributed by atoms with Crippen LogP contribution in [0.15, 0.2) is 42.7 Å². The predicted octanol–water partition coefficient (Wildman–Crippen LogP) is 2.53. The van der Waals surface area contributed by atoms with Gasteiger partial charge in [0.25, 0.3) is 0 Å². The zero-order valence-electron chi connectivity index (χ0n) is 19.6. The van der Waals surface area contributed by atoms with Crippen molar-refractivity contribution in [1.82, 2.24) is 14.3 Å². The lowest BCUT2D eigenvalue weighted by Gasteiger charge is -2.20. The van der Waals surface area contributed by atoms with Crippen LogP contribution in [0.3, 0.4) is 0 Å². The molecule has 3 aromatic rings. The van der Waals surface area contributed by atoms with Crippen LogP contribution in [0, 0.1) is 5.92 Å². The number of fused-ring (bicyclic) bond motifs is 1. The number of aliphatic hydroxyl groups excluding tert-OH is 2. The lowest BCUT2D eigenvalue weighted by molar-refractivity contribution is -0.119. The van der Waals surface area contributed by atoms with Gasteiger partial charge in [-0.1, -0.05) is 13.8 Å². The molecule has 4 N–H and O–H groups in total. The van der Waals surface area contributed by atoms with Gasteiger partial charge in [-0.25, -0.2) is 0 Å². The number of nitrogens with zero attached hydrogens (tertiary/aromatic N) is 3. The smallest absolute Gasteiger partial charge is 0.248 e. The molecular weight excluding hydrogens is 456 g/mol. The van der Waals surface area contributed by atoms with E-state index in [4.69, 9.17) is 19.3 Å². The Morgan fingerprint density at radius 2 is 1.94 bits per heavy atom. The Balaban J connectivity index is 1.49. The van der Waals surface area contributed by atoms with Crippen molar-refractivity contribution in [2.24, 2.45) is 5.92 Å². The Kier molecular flexibility index (Phi) is 7.47. The first-order valence-electron chi connectivity index (χ1n) is 11.4. The number of amides is 1. The van der Waals surface area contributed by atoms with E-state index in [9.17, 15) is 15.0 Å². The molecular formula is C24H30N4O7. The molecule has 1 aliphatic heterocycles. The molecule has 0 aliphatic carbocycles. The molecule has 188 valence electrons. The van der Waals surface area contributed by atoms with Crippen LogP contribution in [0.25, 0.3) is 0 Å². The number of aromatic nitrogens is 3. The maximum Gasteiger partial charge on any atom is 0.248 e. The number of rotatable bonds is 10. The van der Waals surface area contributed by atoms with Crippen LogP contribution in [-0.4, -0.2) is 61.5 Å². The third-order valence-electron chi connectivity index (χ3n) is 5.39. The van der Waals surface area contributed by atoms with E-state index in [0.29, 0.717) is 48.5 Å². The highest BCUT2D eigenvalue weighted by molar-refractivity contribution is 5.93. The van der Waals surface area contributed by atoms with E-state index in [0.717, 1.165) is 0 Å². The third kappa shape index (κ3) is 6.06. The number of carbonyl (C=O) groups excluding carboxylic acids is 1. The summed E-state index contributed by atoms with van der Waals surface area (Å²) in [7, 11) is 0. The average Bonchev–Trinajstić information content (AvgIpc) is 3.42. The fraction of sp³-hybridized carbons (Fsp3) is 0.417. The Hall–Kier alpha value is -3.70. The molecule has 4 rings (SSSR count). The van der Waals surface area contributed by atoms with Gasteiger partial charge in [-0.05, 0) is 24.5 Å². The molecule has 0 saturated carbocycles. The molecule has 3 heterocycles. The van der Waals surface area contributed by atoms with Crippen LogP contribution in [-0.2, 0) is 11.3 Å². The summed E-state index contributed by atoms with van der Waals surface area (Å²) in [5, 5.41) is 36.2. The molecule has 35 heavy (non-hydrogen) atoms. The summed E-state index contributed by atoms with van der Waals surface area (Å²) >= 11 is 0.